The minimum atomic E-state index is -0.399. The predicted molar refractivity (Wildman–Crippen MR) is 118 cm³/mol. The van der Waals surface area contributed by atoms with Gasteiger partial charge in [-0.1, -0.05) is 30.0 Å². The summed E-state index contributed by atoms with van der Waals surface area (Å²) in [6, 6.07) is 14.6. The van der Waals surface area contributed by atoms with Crippen molar-refractivity contribution in [1.29, 1.82) is 0 Å². The van der Waals surface area contributed by atoms with Crippen LogP contribution in [0.5, 0.6) is 17.2 Å². The van der Waals surface area contributed by atoms with Crippen LogP contribution in [-0.4, -0.2) is 39.5 Å². The Labute approximate surface area is 185 Å². The van der Waals surface area contributed by atoms with Crippen LogP contribution in [0.4, 0.5) is 0 Å². The van der Waals surface area contributed by atoms with E-state index in [1.807, 2.05) is 35.8 Å². The maximum absolute atomic E-state index is 12.9. The minimum absolute atomic E-state index is 0.00790. The number of carbonyl (C=O) groups is 1. The fourth-order valence-electron chi connectivity index (χ4n) is 3.27. The maximum atomic E-state index is 12.9. The molecule has 1 aliphatic rings. The van der Waals surface area contributed by atoms with Gasteiger partial charge in [0.25, 0.3) is 0 Å². The van der Waals surface area contributed by atoms with Gasteiger partial charge in [-0.15, -0.1) is 16.8 Å². The summed E-state index contributed by atoms with van der Waals surface area (Å²) < 4.78 is 19.0. The lowest BCUT2D eigenvalue weighted by Gasteiger charge is -2.26. The van der Waals surface area contributed by atoms with E-state index in [-0.39, 0.29) is 11.0 Å². The van der Waals surface area contributed by atoms with E-state index in [9.17, 15) is 4.79 Å². The average molecular weight is 438 g/mol. The van der Waals surface area contributed by atoms with Crippen LogP contribution < -0.4 is 14.2 Å². The summed E-state index contributed by atoms with van der Waals surface area (Å²) in [6.45, 7) is 6.53. The molecule has 0 spiro atoms. The average Bonchev–Trinajstić information content (AvgIpc) is 3.20. The van der Waals surface area contributed by atoms with Crippen molar-refractivity contribution in [2.75, 3.05) is 13.7 Å². The summed E-state index contributed by atoms with van der Waals surface area (Å²) in [4.78, 5) is 12.9. The van der Waals surface area contributed by atoms with Gasteiger partial charge in [0, 0.05) is 12.1 Å². The van der Waals surface area contributed by atoms with Gasteiger partial charge in [-0.2, -0.15) is 0 Å². The number of hydrogen-bond donors (Lipinski definition) is 0. The number of Topliss-reactive ketones (excluding diaryl/α,β-unsaturated/α-hetero) is 1. The van der Waals surface area contributed by atoms with Crippen LogP contribution in [0.1, 0.15) is 29.2 Å². The molecule has 2 unspecified atom stereocenters. The Morgan fingerprint density at radius 2 is 2.00 bits per heavy atom. The number of nitrogens with zero attached hydrogens (tertiary/aromatic N) is 3. The molecule has 0 fully saturated rings. The number of methoxy groups -OCH3 is 1. The van der Waals surface area contributed by atoms with Crippen LogP contribution in [-0.2, 0) is 6.54 Å². The maximum Gasteiger partial charge on any atom is 0.192 e. The Hall–Kier alpha value is -3.26. The van der Waals surface area contributed by atoms with Gasteiger partial charge in [0.15, 0.2) is 34.4 Å². The molecule has 160 valence electrons. The number of hydrogen-bond acceptors (Lipinski definition) is 7. The molecule has 2 heterocycles. The summed E-state index contributed by atoms with van der Waals surface area (Å²) in [5.41, 5.74) is 0.622. The monoisotopic (exact) mass is 437 g/mol. The van der Waals surface area contributed by atoms with E-state index in [2.05, 4.69) is 16.8 Å². The van der Waals surface area contributed by atoms with Crippen LogP contribution >= 0.6 is 11.8 Å². The lowest BCUT2D eigenvalue weighted by atomic mass is 10.1. The van der Waals surface area contributed by atoms with Crippen molar-refractivity contribution in [1.82, 2.24) is 14.8 Å². The molecule has 2 aromatic carbocycles. The summed E-state index contributed by atoms with van der Waals surface area (Å²) >= 11 is 1.36. The fraction of sp³-hybridized carbons (Fsp3) is 0.261. The quantitative estimate of drug-likeness (QED) is 0.295. The Bertz CT molecular complexity index is 1080. The van der Waals surface area contributed by atoms with Crippen LogP contribution in [0.25, 0.3) is 0 Å². The fourth-order valence-corrected chi connectivity index (χ4v) is 4.22. The van der Waals surface area contributed by atoms with Crippen molar-refractivity contribution < 1.29 is 19.0 Å². The topological polar surface area (TPSA) is 75.5 Å². The van der Waals surface area contributed by atoms with Gasteiger partial charge < -0.3 is 14.2 Å². The molecule has 0 amide bonds. The van der Waals surface area contributed by atoms with Gasteiger partial charge in [-0.05, 0) is 43.3 Å². The molecule has 0 bridgehead atoms. The van der Waals surface area contributed by atoms with Crippen molar-refractivity contribution in [2.24, 2.45) is 0 Å². The second kappa shape index (κ2) is 9.26. The number of benzene rings is 2. The van der Waals surface area contributed by atoms with E-state index < -0.39 is 6.10 Å². The standard InChI is InChI=1S/C23H23N3O4S/c1-4-13-26-22(20-14-29-18-7-5-6-8-19(18)30-20)24-25-23(26)31-15(2)21(27)16-9-11-17(28-3)12-10-16/h4-12,15,20H,1,13-14H2,2-3H3. The molecule has 0 saturated heterocycles. The van der Waals surface area contributed by atoms with Crippen molar-refractivity contribution in [3.8, 4) is 17.2 Å². The molecule has 0 aliphatic carbocycles. The largest absolute Gasteiger partial charge is 0.497 e. The summed E-state index contributed by atoms with van der Waals surface area (Å²) in [7, 11) is 1.60. The highest BCUT2D eigenvalue weighted by Gasteiger charge is 2.29. The molecule has 0 radical (unpaired) electrons. The zero-order valence-corrected chi connectivity index (χ0v) is 18.2. The second-order valence-electron chi connectivity index (χ2n) is 6.96. The molecule has 7 nitrogen and oxygen atoms in total. The number of para-hydroxylation sites is 2. The van der Waals surface area contributed by atoms with Gasteiger partial charge in [0.1, 0.15) is 12.4 Å². The van der Waals surface area contributed by atoms with E-state index in [1.165, 1.54) is 11.8 Å². The smallest absolute Gasteiger partial charge is 0.192 e. The Morgan fingerprint density at radius 3 is 2.71 bits per heavy atom. The highest BCUT2D eigenvalue weighted by Crippen LogP contribution is 2.36. The molecule has 1 aromatic heterocycles. The number of rotatable bonds is 8. The minimum Gasteiger partial charge on any atom is -0.497 e. The highest BCUT2D eigenvalue weighted by atomic mass is 32.2. The number of aromatic nitrogens is 3. The number of carbonyl (C=O) groups excluding carboxylic acids is 1. The van der Waals surface area contributed by atoms with E-state index >= 15 is 0 Å². The van der Waals surface area contributed by atoms with Crippen molar-refractivity contribution in [2.45, 2.75) is 30.0 Å². The summed E-state index contributed by atoms with van der Waals surface area (Å²) in [6.07, 6.45) is 1.37. The van der Waals surface area contributed by atoms with Gasteiger partial charge in [-0.25, -0.2) is 0 Å². The molecule has 0 N–H and O–H groups in total. The third-order valence-electron chi connectivity index (χ3n) is 4.88. The Morgan fingerprint density at radius 1 is 1.26 bits per heavy atom. The van der Waals surface area contributed by atoms with Gasteiger partial charge in [-0.3, -0.25) is 9.36 Å². The van der Waals surface area contributed by atoms with E-state index in [0.29, 0.717) is 46.9 Å². The van der Waals surface area contributed by atoms with Gasteiger partial charge in [0.2, 0.25) is 0 Å². The van der Waals surface area contributed by atoms with E-state index in [1.54, 1.807) is 37.5 Å². The number of fused-ring (bicyclic) bond motifs is 1. The molecule has 3 aromatic rings. The number of thioether (sulfide) groups is 1. The van der Waals surface area contributed by atoms with E-state index in [0.717, 1.165) is 0 Å². The van der Waals surface area contributed by atoms with Crippen LogP contribution in [0, 0.1) is 0 Å². The van der Waals surface area contributed by atoms with Crippen LogP contribution in [0.15, 0.2) is 66.3 Å². The van der Waals surface area contributed by atoms with Crippen molar-refractivity contribution >= 4 is 17.5 Å². The van der Waals surface area contributed by atoms with Gasteiger partial charge in [0.05, 0.1) is 12.4 Å². The summed E-state index contributed by atoms with van der Waals surface area (Å²) in [5.74, 6) is 2.74. The first-order chi connectivity index (χ1) is 15.1. The molecule has 4 rings (SSSR count). The van der Waals surface area contributed by atoms with E-state index in [4.69, 9.17) is 14.2 Å². The first-order valence-electron chi connectivity index (χ1n) is 9.88. The molecule has 1 aliphatic heterocycles. The normalized spacial score (nSPS) is 15.9. The Kier molecular flexibility index (Phi) is 6.27. The first-order valence-corrected chi connectivity index (χ1v) is 10.8. The second-order valence-corrected chi connectivity index (χ2v) is 8.27. The Balaban J connectivity index is 1.53. The number of ketones is 1. The third kappa shape index (κ3) is 4.44. The summed E-state index contributed by atoms with van der Waals surface area (Å²) in [5, 5.41) is 8.96. The zero-order valence-electron chi connectivity index (χ0n) is 17.4. The molecule has 8 heteroatoms. The molecule has 2 atom stereocenters. The first kappa shape index (κ1) is 21.0. The van der Waals surface area contributed by atoms with Crippen LogP contribution in [0.3, 0.4) is 0 Å². The lowest BCUT2D eigenvalue weighted by Crippen LogP contribution is -2.25. The van der Waals surface area contributed by atoms with Crippen molar-refractivity contribution in [3.63, 3.8) is 0 Å². The van der Waals surface area contributed by atoms with Gasteiger partial charge >= 0.3 is 0 Å². The predicted octanol–water partition coefficient (Wildman–Crippen LogP) is 4.35. The highest BCUT2D eigenvalue weighted by molar-refractivity contribution is 8.00. The number of allylic oxidation sites excluding steroid dienone is 1. The van der Waals surface area contributed by atoms with Crippen molar-refractivity contribution in [3.05, 3.63) is 72.6 Å². The lowest BCUT2D eigenvalue weighted by molar-refractivity contribution is 0.0821. The SMILES string of the molecule is C=CCn1c(SC(C)C(=O)c2ccc(OC)cc2)nnc1C1COc2ccccc2O1. The third-order valence-corrected chi connectivity index (χ3v) is 5.96. The zero-order chi connectivity index (χ0) is 21.8. The molecule has 31 heavy (non-hydrogen) atoms. The number of ether oxygens (including phenoxy) is 3. The molecular weight excluding hydrogens is 414 g/mol. The van der Waals surface area contributed by atoms with Crippen LogP contribution in [0.2, 0.25) is 0 Å². The molecule has 0 saturated carbocycles. The molecular formula is C23H23N3O4S.